The van der Waals surface area contributed by atoms with Crippen molar-refractivity contribution in [2.45, 2.75) is 11.3 Å². The van der Waals surface area contributed by atoms with Crippen molar-refractivity contribution in [3.05, 3.63) is 23.8 Å². The highest BCUT2D eigenvalue weighted by molar-refractivity contribution is 7.89. The lowest BCUT2D eigenvalue weighted by molar-refractivity contribution is 0.0596. The number of benzene rings is 1. The summed E-state index contributed by atoms with van der Waals surface area (Å²) in [5, 5.41) is 0. The Kier molecular flexibility index (Phi) is 6.13. The number of nitrogens with two attached hydrogens (primary N) is 1. The molecule has 0 radical (unpaired) electrons. The number of nitrogen functional groups attached to an aromatic ring is 1. The standard InChI is InChI=1S/C13H20N2O5S/c1-15(7-4-8-19-2)21(17,18)12-9-10(14)5-6-11(12)13(16)20-3/h5-6,9H,4,7-8,14H2,1-3H3. The maximum absolute atomic E-state index is 12.5. The molecule has 0 fully saturated rings. The van der Waals surface area contributed by atoms with Crippen LogP contribution in [0.5, 0.6) is 0 Å². The van der Waals surface area contributed by atoms with Gasteiger partial charge in [-0.3, -0.25) is 0 Å². The summed E-state index contributed by atoms with van der Waals surface area (Å²) in [6.07, 6.45) is 0.544. The van der Waals surface area contributed by atoms with Gasteiger partial charge in [0.25, 0.3) is 0 Å². The van der Waals surface area contributed by atoms with Gasteiger partial charge in [0.1, 0.15) is 0 Å². The van der Waals surface area contributed by atoms with Crippen LogP contribution in [0.4, 0.5) is 5.69 Å². The molecule has 0 aliphatic heterocycles. The highest BCUT2D eigenvalue weighted by Gasteiger charge is 2.27. The molecule has 0 spiro atoms. The van der Waals surface area contributed by atoms with Crippen LogP contribution >= 0.6 is 0 Å². The normalized spacial score (nSPS) is 11.6. The number of hydrogen-bond acceptors (Lipinski definition) is 6. The van der Waals surface area contributed by atoms with E-state index in [1.807, 2.05) is 0 Å². The van der Waals surface area contributed by atoms with E-state index < -0.39 is 16.0 Å². The molecule has 21 heavy (non-hydrogen) atoms. The monoisotopic (exact) mass is 316 g/mol. The number of esters is 1. The molecule has 0 aliphatic rings. The lowest BCUT2D eigenvalue weighted by atomic mass is 10.2. The Morgan fingerprint density at radius 3 is 2.57 bits per heavy atom. The van der Waals surface area contributed by atoms with Gasteiger partial charge in [-0.1, -0.05) is 0 Å². The first-order chi connectivity index (χ1) is 9.84. The largest absolute Gasteiger partial charge is 0.465 e. The molecule has 2 N–H and O–H groups in total. The molecular weight excluding hydrogens is 296 g/mol. The second kappa shape index (κ2) is 7.39. The third-order valence-electron chi connectivity index (χ3n) is 2.92. The maximum atomic E-state index is 12.5. The van der Waals surface area contributed by atoms with E-state index in [1.54, 1.807) is 7.11 Å². The van der Waals surface area contributed by atoms with Gasteiger partial charge in [0.05, 0.1) is 17.6 Å². The van der Waals surface area contributed by atoms with Gasteiger partial charge in [-0.2, -0.15) is 0 Å². The van der Waals surface area contributed by atoms with E-state index >= 15 is 0 Å². The molecule has 0 heterocycles. The molecular formula is C13H20N2O5S. The van der Waals surface area contributed by atoms with Crippen molar-refractivity contribution in [3.8, 4) is 0 Å². The summed E-state index contributed by atoms with van der Waals surface area (Å²) in [4.78, 5) is 11.6. The number of nitrogens with zero attached hydrogens (tertiary/aromatic N) is 1. The van der Waals surface area contributed by atoms with Crippen molar-refractivity contribution in [1.82, 2.24) is 4.31 Å². The molecule has 0 amide bonds. The van der Waals surface area contributed by atoms with Crippen LogP contribution in [0.15, 0.2) is 23.1 Å². The molecule has 0 bridgehead atoms. The smallest absolute Gasteiger partial charge is 0.339 e. The second-order valence-electron chi connectivity index (χ2n) is 4.42. The number of methoxy groups -OCH3 is 2. The van der Waals surface area contributed by atoms with Crippen LogP contribution in [0, 0.1) is 0 Å². The Morgan fingerprint density at radius 2 is 2.00 bits per heavy atom. The number of sulfonamides is 1. The summed E-state index contributed by atoms with van der Waals surface area (Å²) in [7, 11) is 0.344. The lowest BCUT2D eigenvalue weighted by Crippen LogP contribution is -2.30. The van der Waals surface area contributed by atoms with Crippen molar-refractivity contribution in [2.24, 2.45) is 0 Å². The zero-order valence-electron chi connectivity index (χ0n) is 12.3. The molecule has 0 aromatic heterocycles. The molecule has 1 aromatic carbocycles. The molecule has 7 nitrogen and oxygen atoms in total. The molecule has 0 aliphatic carbocycles. The number of rotatable bonds is 7. The Hall–Kier alpha value is -1.64. The number of ether oxygens (including phenoxy) is 2. The first kappa shape index (κ1) is 17.4. The van der Waals surface area contributed by atoms with Crippen molar-refractivity contribution in [2.75, 3.05) is 40.2 Å². The third-order valence-corrected chi connectivity index (χ3v) is 4.82. The fourth-order valence-electron chi connectivity index (χ4n) is 1.75. The van der Waals surface area contributed by atoms with Crippen LogP contribution in [-0.4, -0.2) is 53.1 Å². The van der Waals surface area contributed by atoms with Crippen LogP contribution < -0.4 is 5.73 Å². The summed E-state index contributed by atoms with van der Waals surface area (Å²) < 4.78 is 35.7. The van der Waals surface area contributed by atoms with Crippen LogP contribution in [0.1, 0.15) is 16.8 Å². The van der Waals surface area contributed by atoms with E-state index in [4.69, 9.17) is 10.5 Å². The topological polar surface area (TPSA) is 98.9 Å². The van der Waals surface area contributed by atoms with E-state index in [-0.39, 0.29) is 22.7 Å². The van der Waals surface area contributed by atoms with Gasteiger partial charge in [0.2, 0.25) is 10.0 Å². The van der Waals surface area contributed by atoms with Crippen molar-refractivity contribution >= 4 is 21.7 Å². The number of anilines is 1. The number of carbonyl (C=O) groups is 1. The zero-order chi connectivity index (χ0) is 16.0. The van der Waals surface area contributed by atoms with E-state index in [0.717, 1.165) is 4.31 Å². The van der Waals surface area contributed by atoms with E-state index in [0.29, 0.717) is 13.0 Å². The van der Waals surface area contributed by atoms with Gasteiger partial charge in [-0.05, 0) is 24.6 Å². The summed E-state index contributed by atoms with van der Waals surface area (Å²) in [6, 6.07) is 4.06. The molecule has 0 saturated carbocycles. The van der Waals surface area contributed by atoms with Crippen molar-refractivity contribution in [1.29, 1.82) is 0 Å². The highest BCUT2D eigenvalue weighted by Crippen LogP contribution is 2.23. The molecule has 0 saturated heterocycles. The summed E-state index contributed by atoms with van der Waals surface area (Å²) >= 11 is 0. The predicted octanol–water partition coefficient (Wildman–Crippen LogP) is 0.712. The fourth-order valence-corrected chi connectivity index (χ4v) is 3.17. The minimum atomic E-state index is -3.83. The second-order valence-corrected chi connectivity index (χ2v) is 6.43. The van der Waals surface area contributed by atoms with Gasteiger partial charge in [-0.15, -0.1) is 0 Å². The maximum Gasteiger partial charge on any atom is 0.339 e. The molecule has 0 unspecified atom stereocenters. The molecule has 1 aromatic rings. The van der Waals surface area contributed by atoms with Crippen LogP contribution in [0.3, 0.4) is 0 Å². The minimum Gasteiger partial charge on any atom is -0.465 e. The van der Waals surface area contributed by atoms with Crippen LogP contribution in [0.25, 0.3) is 0 Å². The Balaban J connectivity index is 3.17. The third kappa shape index (κ3) is 4.16. The number of hydrogen-bond donors (Lipinski definition) is 1. The Bertz CT molecular complexity index is 601. The van der Waals surface area contributed by atoms with Crippen LogP contribution in [-0.2, 0) is 19.5 Å². The first-order valence-corrected chi connectivity index (χ1v) is 7.71. The quantitative estimate of drug-likeness (QED) is 0.452. The summed E-state index contributed by atoms with van der Waals surface area (Å²) in [5.41, 5.74) is 5.85. The van der Waals surface area contributed by atoms with Gasteiger partial charge in [-0.25, -0.2) is 17.5 Å². The Labute approximate surface area is 124 Å². The minimum absolute atomic E-state index is 0.0368. The average molecular weight is 316 g/mol. The van der Waals surface area contributed by atoms with Crippen molar-refractivity contribution in [3.63, 3.8) is 0 Å². The van der Waals surface area contributed by atoms with Crippen LogP contribution in [0.2, 0.25) is 0 Å². The molecule has 8 heteroatoms. The zero-order valence-corrected chi connectivity index (χ0v) is 13.1. The fraction of sp³-hybridized carbons (Fsp3) is 0.462. The van der Waals surface area contributed by atoms with E-state index in [9.17, 15) is 13.2 Å². The summed E-state index contributed by atoms with van der Waals surface area (Å²) in [6.45, 7) is 0.715. The Morgan fingerprint density at radius 1 is 1.33 bits per heavy atom. The average Bonchev–Trinajstić information content (AvgIpc) is 2.46. The van der Waals surface area contributed by atoms with Crippen molar-refractivity contribution < 1.29 is 22.7 Å². The lowest BCUT2D eigenvalue weighted by Gasteiger charge is -2.19. The van der Waals surface area contributed by atoms with Gasteiger partial charge in [0, 0.05) is 33.0 Å². The first-order valence-electron chi connectivity index (χ1n) is 6.27. The SMILES string of the molecule is COCCCN(C)S(=O)(=O)c1cc(N)ccc1C(=O)OC. The molecule has 1 rings (SSSR count). The molecule has 0 atom stereocenters. The predicted molar refractivity (Wildman–Crippen MR) is 78.5 cm³/mol. The number of carbonyl (C=O) groups excluding carboxylic acids is 1. The highest BCUT2D eigenvalue weighted by atomic mass is 32.2. The summed E-state index contributed by atoms with van der Waals surface area (Å²) in [5.74, 6) is -0.723. The van der Waals surface area contributed by atoms with Gasteiger partial charge >= 0.3 is 5.97 Å². The van der Waals surface area contributed by atoms with E-state index in [1.165, 1.54) is 32.4 Å². The van der Waals surface area contributed by atoms with Gasteiger partial charge in [0.15, 0.2) is 0 Å². The van der Waals surface area contributed by atoms with E-state index in [2.05, 4.69) is 4.74 Å². The van der Waals surface area contributed by atoms with Gasteiger partial charge < -0.3 is 15.2 Å². The molecule has 118 valence electrons.